The van der Waals surface area contributed by atoms with E-state index in [4.69, 9.17) is 4.74 Å². The van der Waals surface area contributed by atoms with Crippen LogP contribution in [0, 0.1) is 0 Å². The normalized spacial score (nSPS) is 23.2. The summed E-state index contributed by atoms with van der Waals surface area (Å²) in [7, 11) is 0. The molecule has 3 heteroatoms. The number of ether oxygens (including phenoxy) is 1. The van der Waals surface area contributed by atoms with Gasteiger partial charge in [-0.25, -0.2) is 0 Å². The molecule has 2 N–H and O–H groups in total. The van der Waals surface area contributed by atoms with Crippen molar-refractivity contribution in [3.63, 3.8) is 0 Å². The first-order chi connectivity index (χ1) is 8.92. The van der Waals surface area contributed by atoms with Gasteiger partial charge in [0.15, 0.2) is 0 Å². The summed E-state index contributed by atoms with van der Waals surface area (Å²) in [6, 6.07) is 7.42. The SMILES string of the molecule is c1cc2c(cc1CCC1COCCN1)CCCN2. The molecule has 3 nitrogen and oxygen atoms in total. The van der Waals surface area contributed by atoms with E-state index in [0.29, 0.717) is 6.04 Å². The lowest BCUT2D eigenvalue weighted by atomic mass is 9.97. The predicted molar refractivity (Wildman–Crippen MR) is 74.2 cm³/mol. The third kappa shape index (κ3) is 2.85. The highest BCUT2D eigenvalue weighted by molar-refractivity contribution is 5.54. The zero-order valence-electron chi connectivity index (χ0n) is 10.9. The second kappa shape index (κ2) is 5.72. The number of benzene rings is 1. The van der Waals surface area contributed by atoms with Crippen LogP contribution in [0.4, 0.5) is 5.69 Å². The Kier molecular flexibility index (Phi) is 3.81. The van der Waals surface area contributed by atoms with Crippen LogP contribution in [-0.2, 0) is 17.6 Å². The van der Waals surface area contributed by atoms with Gasteiger partial charge in [-0.2, -0.15) is 0 Å². The van der Waals surface area contributed by atoms with Crippen molar-refractivity contribution in [1.29, 1.82) is 0 Å². The summed E-state index contributed by atoms with van der Waals surface area (Å²) >= 11 is 0. The van der Waals surface area contributed by atoms with Gasteiger partial charge in [0.1, 0.15) is 0 Å². The molecule has 3 rings (SSSR count). The first kappa shape index (κ1) is 12.0. The summed E-state index contributed by atoms with van der Waals surface area (Å²) in [5.41, 5.74) is 4.29. The first-order valence-electron chi connectivity index (χ1n) is 7.08. The van der Waals surface area contributed by atoms with E-state index in [9.17, 15) is 0 Å². The third-order valence-electron chi connectivity index (χ3n) is 3.89. The molecule has 0 bridgehead atoms. The Morgan fingerprint density at radius 1 is 1.28 bits per heavy atom. The fraction of sp³-hybridized carbons (Fsp3) is 0.600. The number of morpholine rings is 1. The van der Waals surface area contributed by atoms with Gasteiger partial charge in [-0.15, -0.1) is 0 Å². The molecule has 2 aliphatic rings. The van der Waals surface area contributed by atoms with Crippen LogP contribution < -0.4 is 10.6 Å². The molecule has 1 aromatic carbocycles. The molecule has 0 saturated carbocycles. The van der Waals surface area contributed by atoms with Crippen LogP contribution in [0.2, 0.25) is 0 Å². The molecular weight excluding hydrogens is 224 g/mol. The van der Waals surface area contributed by atoms with Crippen molar-refractivity contribution in [1.82, 2.24) is 5.32 Å². The van der Waals surface area contributed by atoms with Gasteiger partial charge < -0.3 is 15.4 Å². The Bertz CT molecular complexity index is 399. The molecule has 1 fully saturated rings. The van der Waals surface area contributed by atoms with Crippen molar-refractivity contribution in [3.05, 3.63) is 29.3 Å². The van der Waals surface area contributed by atoms with E-state index >= 15 is 0 Å². The van der Waals surface area contributed by atoms with Crippen LogP contribution in [0.1, 0.15) is 24.0 Å². The number of anilines is 1. The van der Waals surface area contributed by atoms with Gasteiger partial charge in [0, 0.05) is 24.8 Å². The summed E-state index contributed by atoms with van der Waals surface area (Å²) in [6.07, 6.45) is 4.80. The number of hydrogen-bond acceptors (Lipinski definition) is 3. The molecule has 2 heterocycles. The van der Waals surface area contributed by atoms with E-state index in [-0.39, 0.29) is 0 Å². The molecule has 18 heavy (non-hydrogen) atoms. The maximum atomic E-state index is 5.49. The van der Waals surface area contributed by atoms with Gasteiger partial charge in [0.25, 0.3) is 0 Å². The minimum absolute atomic E-state index is 0.535. The van der Waals surface area contributed by atoms with Gasteiger partial charge >= 0.3 is 0 Å². The van der Waals surface area contributed by atoms with E-state index in [1.807, 2.05) is 0 Å². The molecule has 0 radical (unpaired) electrons. The Hall–Kier alpha value is -1.06. The number of fused-ring (bicyclic) bond motifs is 1. The average Bonchev–Trinajstić information content (AvgIpc) is 2.46. The molecule has 0 amide bonds. The van der Waals surface area contributed by atoms with Crippen molar-refractivity contribution in [3.8, 4) is 0 Å². The van der Waals surface area contributed by atoms with E-state index in [1.165, 1.54) is 36.1 Å². The van der Waals surface area contributed by atoms with Crippen LogP contribution in [0.25, 0.3) is 0 Å². The second-order valence-corrected chi connectivity index (χ2v) is 5.29. The standard InChI is InChI=1S/C15H22N2O/c1-2-13-10-12(4-6-15(13)17-7-1)3-5-14-11-18-9-8-16-14/h4,6,10,14,16-17H,1-3,5,7-9,11H2. The smallest absolute Gasteiger partial charge is 0.0620 e. The van der Waals surface area contributed by atoms with Crippen molar-refractivity contribution >= 4 is 5.69 Å². The Morgan fingerprint density at radius 3 is 3.17 bits per heavy atom. The maximum absolute atomic E-state index is 5.49. The Morgan fingerprint density at radius 2 is 2.28 bits per heavy atom. The zero-order valence-corrected chi connectivity index (χ0v) is 10.9. The quantitative estimate of drug-likeness (QED) is 0.855. The van der Waals surface area contributed by atoms with Crippen LogP contribution in [-0.4, -0.2) is 32.3 Å². The summed E-state index contributed by atoms with van der Waals surface area (Å²) in [5.74, 6) is 0. The highest BCUT2D eigenvalue weighted by atomic mass is 16.5. The fourth-order valence-electron chi connectivity index (χ4n) is 2.83. The highest BCUT2D eigenvalue weighted by Crippen LogP contribution is 2.23. The van der Waals surface area contributed by atoms with Crippen molar-refractivity contribution in [2.24, 2.45) is 0 Å². The predicted octanol–water partition coefficient (Wildman–Crippen LogP) is 1.97. The van der Waals surface area contributed by atoms with Gasteiger partial charge in [-0.05, 0) is 42.9 Å². The lowest BCUT2D eigenvalue weighted by Gasteiger charge is -2.24. The third-order valence-corrected chi connectivity index (χ3v) is 3.89. The molecule has 0 spiro atoms. The molecule has 98 valence electrons. The molecule has 1 aromatic rings. The van der Waals surface area contributed by atoms with E-state index in [2.05, 4.69) is 28.8 Å². The van der Waals surface area contributed by atoms with Gasteiger partial charge in [-0.1, -0.05) is 12.1 Å². The number of aryl methyl sites for hydroxylation is 2. The molecule has 2 aliphatic heterocycles. The monoisotopic (exact) mass is 246 g/mol. The Labute approximate surface area is 109 Å². The van der Waals surface area contributed by atoms with Gasteiger partial charge in [0.2, 0.25) is 0 Å². The Balaban J connectivity index is 1.58. The minimum Gasteiger partial charge on any atom is -0.385 e. The fourth-order valence-corrected chi connectivity index (χ4v) is 2.83. The highest BCUT2D eigenvalue weighted by Gasteiger charge is 2.13. The van der Waals surface area contributed by atoms with E-state index in [1.54, 1.807) is 0 Å². The van der Waals surface area contributed by atoms with Crippen LogP contribution in [0.3, 0.4) is 0 Å². The second-order valence-electron chi connectivity index (χ2n) is 5.29. The van der Waals surface area contributed by atoms with Crippen LogP contribution >= 0.6 is 0 Å². The van der Waals surface area contributed by atoms with Crippen LogP contribution in [0.15, 0.2) is 18.2 Å². The van der Waals surface area contributed by atoms with Crippen molar-refractivity contribution in [2.45, 2.75) is 31.7 Å². The van der Waals surface area contributed by atoms with Crippen molar-refractivity contribution in [2.75, 3.05) is 31.6 Å². The molecule has 0 aliphatic carbocycles. The topological polar surface area (TPSA) is 33.3 Å². The number of rotatable bonds is 3. The zero-order chi connectivity index (χ0) is 12.2. The minimum atomic E-state index is 0.535. The van der Waals surface area contributed by atoms with Crippen molar-refractivity contribution < 1.29 is 4.74 Å². The molecular formula is C15H22N2O. The maximum Gasteiger partial charge on any atom is 0.0620 e. The van der Waals surface area contributed by atoms with Crippen LogP contribution in [0.5, 0.6) is 0 Å². The van der Waals surface area contributed by atoms with E-state index in [0.717, 1.165) is 32.7 Å². The summed E-state index contributed by atoms with van der Waals surface area (Å²) in [4.78, 5) is 0. The first-order valence-corrected chi connectivity index (χ1v) is 7.08. The summed E-state index contributed by atoms with van der Waals surface area (Å²) in [5, 5.41) is 6.98. The molecule has 1 unspecified atom stereocenters. The average molecular weight is 246 g/mol. The molecule has 1 saturated heterocycles. The van der Waals surface area contributed by atoms with E-state index < -0.39 is 0 Å². The number of hydrogen-bond donors (Lipinski definition) is 2. The lowest BCUT2D eigenvalue weighted by Crippen LogP contribution is -2.41. The van der Waals surface area contributed by atoms with Gasteiger partial charge in [-0.3, -0.25) is 0 Å². The molecule has 0 aromatic heterocycles. The molecule has 1 atom stereocenters. The number of nitrogens with one attached hydrogen (secondary N) is 2. The summed E-state index contributed by atoms with van der Waals surface area (Å²) in [6.45, 7) is 3.85. The lowest BCUT2D eigenvalue weighted by molar-refractivity contribution is 0.0743. The largest absolute Gasteiger partial charge is 0.385 e. The van der Waals surface area contributed by atoms with Gasteiger partial charge in [0.05, 0.1) is 13.2 Å². The summed E-state index contributed by atoms with van der Waals surface area (Å²) < 4.78 is 5.49.